The number of carbonyl (C=O) groups excluding carboxylic acids is 1. The van der Waals surface area contributed by atoms with Gasteiger partial charge in [0.15, 0.2) is 0 Å². The molecule has 152 valence electrons. The second-order valence-electron chi connectivity index (χ2n) is 6.42. The van der Waals surface area contributed by atoms with E-state index in [1.165, 1.54) is 0 Å². The Morgan fingerprint density at radius 2 is 1.82 bits per heavy atom. The number of benzene rings is 2. The summed E-state index contributed by atoms with van der Waals surface area (Å²) in [6.07, 6.45) is 0. The van der Waals surface area contributed by atoms with Crippen molar-refractivity contribution in [3.05, 3.63) is 59.7 Å². The first kappa shape index (κ1) is 21.7. The minimum atomic E-state index is -0.178. The molecule has 2 rings (SSSR count). The molecule has 0 saturated carbocycles. The molecule has 6 nitrogen and oxygen atoms in total. The molecule has 2 aromatic rings. The van der Waals surface area contributed by atoms with Crippen LogP contribution in [0.2, 0.25) is 0 Å². The fraction of sp³-hybridized carbons (Fsp3) is 0.409. The Kier molecular flexibility index (Phi) is 9.31. The molecule has 0 aliphatic heterocycles. The lowest BCUT2D eigenvalue weighted by molar-refractivity contribution is 0.0453. The maximum absolute atomic E-state index is 12.4. The molecule has 0 bridgehead atoms. The van der Waals surface area contributed by atoms with E-state index in [2.05, 4.69) is 5.32 Å². The number of aryl methyl sites for hydroxylation is 1. The highest BCUT2D eigenvalue weighted by Crippen LogP contribution is 2.16. The molecule has 0 aromatic heterocycles. The number of para-hydroxylation sites is 1. The lowest BCUT2D eigenvalue weighted by atomic mass is 10.2. The van der Waals surface area contributed by atoms with Crippen LogP contribution in [0.3, 0.4) is 0 Å². The molecule has 0 aliphatic rings. The van der Waals surface area contributed by atoms with Crippen LogP contribution in [0, 0.1) is 6.92 Å². The monoisotopic (exact) mass is 386 g/mol. The van der Waals surface area contributed by atoms with Gasteiger partial charge in [0.25, 0.3) is 0 Å². The normalized spacial score (nSPS) is 10.5. The second-order valence-corrected chi connectivity index (χ2v) is 6.42. The van der Waals surface area contributed by atoms with E-state index in [0.29, 0.717) is 39.6 Å². The number of hydrogen-bond donors (Lipinski definition) is 1. The summed E-state index contributed by atoms with van der Waals surface area (Å²) in [4.78, 5) is 14.0. The summed E-state index contributed by atoms with van der Waals surface area (Å²) in [5.41, 5.74) is 2.82. The van der Waals surface area contributed by atoms with Crippen LogP contribution in [-0.4, -0.2) is 51.0 Å². The van der Waals surface area contributed by atoms with Crippen molar-refractivity contribution >= 4 is 11.7 Å². The molecule has 0 radical (unpaired) electrons. The number of anilines is 1. The quantitative estimate of drug-likeness (QED) is 0.591. The predicted octanol–water partition coefficient (Wildman–Crippen LogP) is 4.09. The topological polar surface area (TPSA) is 60.0 Å². The summed E-state index contributed by atoms with van der Waals surface area (Å²) < 4.78 is 16.6. The van der Waals surface area contributed by atoms with Crippen molar-refractivity contribution in [1.29, 1.82) is 0 Å². The van der Waals surface area contributed by atoms with Crippen molar-refractivity contribution in [3.8, 4) is 5.75 Å². The van der Waals surface area contributed by atoms with Gasteiger partial charge in [0.1, 0.15) is 12.4 Å². The molecule has 0 atom stereocenters. The largest absolute Gasteiger partial charge is 0.491 e. The molecule has 0 heterocycles. The number of carbonyl (C=O) groups is 1. The van der Waals surface area contributed by atoms with Crippen LogP contribution >= 0.6 is 0 Å². The van der Waals surface area contributed by atoms with E-state index < -0.39 is 0 Å². The Labute approximate surface area is 167 Å². The molecular formula is C22H30N2O4. The highest BCUT2D eigenvalue weighted by atomic mass is 16.5. The van der Waals surface area contributed by atoms with Gasteiger partial charge in [-0.15, -0.1) is 0 Å². The van der Waals surface area contributed by atoms with Gasteiger partial charge in [-0.1, -0.05) is 30.3 Å². The fourth-order valence-corrected chi connectivity index (χ4v) is 2.52. The SMILES string of the molecule is CCOCCOCc1cccc(NC(=O)N(C)CCOc2ccccc2C)c1. The van der Waals surface area contributed by atoms with Crippen molar-refractivity contribution in [1.82, 2.24) is 4.90 Å². The second kappa shape index (κ2) is 12.0. The first-order valence-corrected chi connectivity index (χ1v) is 9.55. The molecule has 0 spiro atoms. The Balaban J connectivity index is 1.75. The third kappa shape index (κ3) is 7.58. The molecule has 28 heavy (non-hydrogen) atoms. The molecule has 2 aromatic carbocycles. The van der Waals surface area contributed by atoms with Crippen LogP contribution in [0.5, 0.6) is 5.75 Å². The van der Waals surface area contributed by atoms with Gasteiger partial charge in [-0.3, -0.25) is 0 Å². The van der Waals surface area contributed by atoms with Crippen LogP contribution in [0.1, 0.15) is 18.1 Å². The summed E-state index contributed by atoms with van der Waals surface area (Å²) >= 11 is 0. The van der Waals surface area contributed by atoms with Gasteiger partial charge < -0.3 is 24.4 Å². The van der Waals surface area contributed by atoms with Gasteiger partial charge in [0.2, 0.25) is 0 Å². The van der Waals surface area contributed by atoms with E-state index in [4.69, 9.17) is 14.2 Å². The number of likely N-dealkylation sites (N-methyl/N-ethyl adjacent to an activating group) is 1. The number of nitrogens with one attached hydrogen (secondary N) is 1. The van der Waals surface area contributed by atoms with Crippen LogP contribution < -0.4 is 10.1 Å². The zero-order valence-electron chi connectivity index (χ0n) is 16.9. The third-order valence-corrected chi connectivity index (χ3v) is 4.15. The predicted molar refractivity (Wildman–Crippen MR) is 111 cm³/mol. The minimum Gasteiger partial charge on any atom is -0.491 e. The zero-order valence-corrected chi connectivity index (χ0v) is 16.9. The van der Waals surface area contributed by atoms with E-state index in [1.807, 2.05) is 62.4 Å². The number of urea groups is 1. The molecular weight excluding hydrogens is 356 g/mol. The lowest BCUT2D eigenvalue weighted by Crippen LogP contribution is -2.34. The van der Waals surface area contributed by atoms with Crippen LogP contribution in [0.25, 0.3) is 0 Å². The molecule has 0 unspecified atom stereocenters. The van der Waals surface area contributed by atoms with Crippen molar-refractivity contribution in [3.63, 3.8) is 0 Å². The molecule has 0 saturated heterocycles. The number of rotatable bonds is 11. The molecule has 0 fully saturated rings. The Morgan fingerprint density at radius 3 is 2.61 bits per heavy atom. The maximum atomic E-state index is 12.4. The van der Waals surface area contributed by atoms with Crippen LogP contribution in [-0.2, 0) is 16.1 Å². The maximum Gasteiger partial charge on any atom is 0.321 e. The number of amides is 2. The summed E-state index contributed by atoms with van der Waals surface area (Å²) in [6, 6.07) is 15.3. The van der Waals surface area contributed by atoms with E-state index in [0.717, 1.165) is 22.6 Å². The molecule has 6 heteroatoms. The van der Waals surface area contributed by atoms with Crippen molar-refractivity contribution < 1.29 is 19.0 Å². The average molecular weight is 386 g/mol. The van der Waals surface area contributed by atoms with Gasteiger partial charge >= 0.3 is 6.03 Å². The van der Waals surface area contributed by atoms with Crippen molar-refractivity contribution in [2.75, 3.05) is 45.3 Å². The first-order chi connectivity index (χ1) is 13.6. The molecule has 2 amide bonds. The Bertz CT molecular complexity index is 736. The van der Waals surface area contributed by atoms with Gasteiger partial charge in [0, 0.05) is 19.3 Å². The van der Waals surface area contributed by atoms with Gasteiger partial charge in [-0.05, 0) is 43.2 Å². The third-order valence-electron chi connectivity index (χ3n) is 4.15. The molecule has 0 aliphatic carbocycles. The summed E-state index contributed by atoms with van der Waals surface area (Å²) in [5, 5.41) is 2.90. The van der Waals surface area contributed by atoms with Crippen molar-refractivity contribution in [2.45, 2.75) is 20.5 Å². The van der Waals surface area contributed by atoms with E-state index >= 15 is 0 Å². The Morgan fingerprint density at radius 1 is 1.04 bits per heavy atom. The summed E-state index contributed by atoms with van der Waals surface area (Å²) in [7, 11) is 1.75. The van der Waals surface area contributed by atoms with Gasteiger partial charge in [-0.2, -0.15) is 0 Å². The van der Waals surface area contributed by atoms with E-state index in [-0.39, 0.29) is 6.03 Å². The number of ether oxygens (including phenoxy) is 3. The van der Waals surface area contributed by atoms with Gasteiger partial charge in [-0.25, -0.2) is 4.79 Å². The number of nitrogens with zero attached hydrogens (tertiary/aromatic N) is 1. The first-order valence-electron chi connectivity index (χ1n) is 9.55. The standard InChI is InChI=1S/C22H30N2O4/c1-4-26-14-15-27-17-19-9-7-10-20(16-19)23-22(25)24(3)12-13-28-21-11-6-5-8-18(21)2/h5-11,16H,4,12-15,17H2,1-3H3,(H,23,25). The van der Waals surface area contributed by atoms with Crippen LogP contribution in [0.15, 0.2) is 48.5 Å². The Hall–Kier alpha value is -2.57. The minimum absolute atomic E-state index is 0.178. The van der Waals surface area contributed by atoms with E-state index in [9.17, 15) is 4.79 Å². The molecule has 1 N–H and O–H groups in total. The van der Waals surface area contributed by atoms with Crippen molar-refractivity contribution in [2.24, 2.45) is 0 Å². The van der Waals surface area contributed by atoms with Gasteiger partial charge in [0.05, 0.1) is 26.4 Å². The fourth-order valence-electron chi connectivity index (χ4n) is 2.52. The zero-order chi connectivity index (χ0) is 20.2. The number of hydrogen-bond acceptors (Lipinski definition) is 4. The highest BCUT2D eigenvalue weighted by Gasteiger charge is 2.09. The highest BCUT2D eigenvalue weighted by molar-refractivity contribution is 5.89. The summed E-state index contributed by atoms with van der Waals surface area (Å²) in [6.45, 7) is 7.18. The van der Waals surface area contributed by atoms with E-state index in [1.54, 1.807) is 11.9 Å². The average Bonchev–Trinajstić information content (AvgIpc) is 2.69. The smallest absolute Gasteiger partial charge is 0.321 e. The summed E-state index contributed by atoms with van der Waals surface area (Å²) in [5.74, 6) is 0.841. The lowest BCUT2D eigenvalue weighted by Gasteiger charge is -2.19. The van der Waals surface area contributed by atoms with Crippen LogP contribution in [0.4, 0.5) is 10.5 Å².